The van der Waals surface area contributed by atoms with Crippen LogP contribution in [-0.4, -0.2) is 0 Å². The van der Waals surface area contributed by atoms with Crippen molar-refractivity contribution < 1.29 is 8.83 Å². The van der Waals surface area contributed by atoms with E-state index in [1.165, 1.54) is 0 Å². The standard InChI is InChI=1S/C51H44O2/c1-7-13-16-17-19-27-39(36(11-5)23-14-8-2)32-42(22-10-4)49-50-45(43-33-40(28-30-47(43)52-50)37(12-6)24-15-9-3)35-46-44-34-41(38-25-20-18-21-26-38)29-31-48(44)53-51(46)49/h7-35H,2-4H2,1,5-6H3/b13-7-,17-16+,23-14-,24-15-,27-19+,36-11+,37-12+,39-32+,42-22+. The minimum Gasteiger partial charge on any atom is -0.455 e. The van der Waals surface area contributed by atoms with E-state index in [0.29, 0.717) is 0 Å². The van der Waals surface area contributed by atoms with Crippen molar-refractivity contribution in [2.24, 2.45) is 0 Å². The van der Waals surface area contributed by atoms with Crippen molar-refractivity contribution in [2.75, 3.05) is 0 Å². The van der Waals surface area contributed by atoms with Crippen LogP contribution in [0, 0.1) is 0 Å². The van der Waals surface area contributed by atoms with Crippen molar-refractivity contribution >= 4 is 55.0 Å². The van der Waals surface area contributed by atoms with Gasteiger partial charge in [0.25, 0.3) is 0 Å². The van der Waals surface area contributed by atoms with Gasteiger partial charge in [0, 0.05) is 21.5 Å². The smallest absolute Gasteiger partial charge is 0.147 e. The molecule has 2 heterocycles. The topological polar surface area (TPSA) is 26.3 Å². The first-order valence-corrected chi connectivity index (χ1v) is 17.9. The van der Waals surface area contributed by atoms with E-state index < -0.39 is 0 Å². The minimum absolute atomic E-state index is 0.750. The molecule has 0 spiro atoms. The molecule has 2 heteroatoms. The van der Waals surface area contributed by atoms with E-state index >= 15 is 0 Å². The van der Waals surface area contributed by atoms with Crippen LogP contribution in [0.25, 0.3) is 66.2 Å². The average Bonchev–Trinajstić information content (AvgIpc) is 3.74. The van der Waals surface area contributed by atoms with Crippen molar-refractivity contribution in [1.29, 1.82) is 0 Å². The summed E-state index contributed by atoms with van der Waals surface area (Å²) in [4.78, 5) is 0. The van der Waals surface area contributed by atoms with Crippen LogP contribution in [0.15, 0.2) is 216 Å². The van der Waals surface area contributed by atoms with Crippen molar-refractivity contribution in [3.8, 4) is 11.1 Å². The number of hydrogen-bond acceptors (Lipinski definition) is 2. The summed E-state index contributed by atoms with van der Waals surface area (Å²) in [6.07, 6.45) is 34.1. The summed E-state index contributed by atoms with van der Waals surface area (Å²) in [5.41, 5.74) is 11.4. The lowest BCUT2D eigenvalue weighted by Gasteiger charge is -2.09. The summed E-state index contributed by atoms with van der Waals surface area (Å²) < 4.78 is 13.6. The van der Waals surface area contributed by atoms with Gasteiger partial charge in [-0.25, -0.2) is 0 Å². The van der Waals surface area contributed by atoms with Crippen molar-refractivity contribution in [3.05, 3.63) is 218 Å². The largest absolute Gasteiger partial charge is 0.455 e. The molecule has 2 aromatic heterocycles. The fourth-order valence-corrected chi connectivity index (χ4v) is 6.58. The quantitative estimate of drug-likeness (QED) is 0.113. The first kappa shape index (κ1) is 36.2. The average molecular weight is 689 g/mol. The summed E-state index contributed by atoms with van der Waals surface area (Å²) in [6.45, 7) is 18.0. The number of hydrogen-bond donors (Lipinski definition) is 0. The minimum atomic E-state index is 0.750. The van der Waals surface area contributed by atoms with Crippen molar-refractivity contribution in [1.82, 2.24) is 0 Å². The maximum atomic E-state index is 6.82. The van der Waals surface area contributed by atoms with Gasteiger partial charge in [0.05, 0.1) is 5.56 Å². The Hall–Kier alpha value is -6.64. The van der Waals surface area contributed by atoms with Crippen LogP contribution in [0.3, 0.4) is 0 Å². The Morgan fingerprint density at radius 1 is 0.528 bits per heavy atom. The Balaban J connectivity index is 1.71. The van der Waals surface area contributed by atoms with Gasteiger partial charge >= 0.3 is 0 Å². The van der Waals surface area contributed by atoms with Crippen molar-refractivity contribution in [2.45, 2.75) is 20.8 Å². The van der Waals surface area contributed by atoms with Crippen LogP contribution in [0.2, 0.25) is 0 Å². The van der Waals surface area contributed by atoms with Crippen LogP contribution in [0.1, 0.15) is 31.9 Å². The Morgan fingerprint density at radius 3 is 1.85 bits per heavy atom. The molecule has 0 aliphatic rings. The highest BCUT2D eigenvalue weighted by Gasteiger charge is 2.22. The number of furan rings is 2. The molecule has 0 fully saturated rings. The Labute approximate surface area is 312 Å². The lowest BCUT2D eigenvalue weighted by atomic mass is 9.93. The highest BCUT2D eigenvalue weighted by atomic mass is 16.3. The Kier molecular flexibility index (Phi) is 11.6. The van der Waals surface area contributed by atoms with E-state index in [9.17, 15) is 0 Å². The molecule has 0 saturated carbocycles. The molecule has 0 bridgehead atoms. The van der Waals surface area contributed by atoms with Gasteiger partial charge in [0.15, 0.2) is 0 Å². The van der Waals surface area contributed by atoms with E-state index in [1.807, 2.05) is 81.5 Å². The molecular formula is C51H44O2. The summed E-state index contributed by atoms with van der Waals surface area (Å²) in [6, 6.07) is 25.5. The fourth-order valence-electron chi connectivity index (χ4n) is 6.58. The van der Waals surface area contributed by atoms with Crippen LogP contribution in [0.5, 0.6) is 0 Å². The highest BCUT2D eigenvalue weighted by Crippen LogP contribution is 2.44. The van der Waals surface area contributed by atoms with Gasteiger partial charge in [-0.05, 0) is 96.2 Å². The Bertz CT molecular complexity index is 2610. The molecule has 0 unspecified atom stereocenters. The number of rotatable bonds is 13. The normalized spacial score (nSPS) is 13.9. The van der Waals surface area contributed by atoms with E-state index in [2.05, 4.69) is 123 Å². The molecule has 53 heavy (non-hydrogen) atoms. The summed E-state index contributed by atoms with van der Waals surface area (Å²) in [7, 11) is 0. The molecule has 4 aromatic carbocycles. The van der Waals surface area contributed by atoms with Gasteiger partial charge in [-0.3, -0.25) is 0 Å². The molecule has 0 atom stereocenters. The first-order chi connectivity index (χ1) is 26.0. The summed E-state index contributed by atoms with van der Waals surface area (Å²) in [5.74, 6) is 0. The van der Waals surface area contributed by atoms with E-state index in [-0.39, 0.29) is 0 Å². The van der Waals surface area contributed by atoms with Crippen LogP contribution >= 0.6 is 0 Å². The molecule has 0 aliphatic carbocycles. The van der Waals surface area contributed by atoms with Gasteiger partial charge in [0.1, 0.15) is 22.3 Å². The summed E-state index contributed by atoms with van der Waals surface area (Å²) >= 11 is 0. The third-order valence-corrected chi connectivity index (χ3v) is 9.11. The number of allylic oxidation sites excluding steroid dienone is 21. The third-order valence-electron chi connectivity index (χ3n) is 9.11. The molecule has 260 valence electrons. The highest BCUT2D eigenvalue weighted by molar-refractivity contribution is 6.21. The number of benzene rings is 4. The molecular weight excluding hydrogens is 645 g/mol. The predicted octanol–water partition coefficient (Wildman–Crippen LogP) is 15.2. The van der Waals surface area contributed by atoms with Gasteiger partial charge in [0.2, 0.25) is 0 Å². The Morgan fingerprint density at radius 2 is 1.19 bits per heavy atom. The third kappa shape index (κ3) is 7.68. The second-order valence-electron chi connectivity index (χ2n) is 12.4. The van der Waals surface area contributed by atoms with Crippen LogP contribution < -0.4 is 0 Å². The SMILES string of the molecule is C=C\C=C/C(=C\C)C(/C=C/C=C/C=C\C)=C/C(=C\C=C)c1c2oc3ccc(C(/C=C\C=C)=C/C)cc3c2cc2c1oc1ccc(-c3ccccc3)cc12. The van der Waals surface area contributed by atoms with Crippen LogP contribution in [-0.2, 0) is 0 Å². The second kappa shape index (κ2) is 17.0. The zero-order chi connectivity index (χ0) is 37.2. The fraction of sp³-hybridized carbons (Fsp3) is 0.0588. The van der Waals surface area contributed by atoms with Gasteiger partial charge in [-0.2, -0.15) is 0 Å². The van der Waals surface area contributed by atoms with Gasteiger partial charge < -0.3 is 8.83 Å². The lowest BCUT2D eigenvalue weighted by Crippen LogP contribution is -1.90. The zero-order valence-electron chi connectivity index (χ0n) is 30.7. The van der Waals surface area contributed by atoms with Crippen LogP contribution in [0.4, 0.5) is 0 Å². The monoisotopic (exact) mass is 688 g/mol. The van der Waals surface area contributed by atoms with Gasteiger partial charge in [-0.1, -0.05) is 159 Å². The van der Waals surface area contributed by atoms with E-state index in [4.69, 9.17) is 8.83 Å². The van der Waals surface area contributed by atoms with Gasteiger partial charge in [-0.15, -0.1) is 0 Å². The molecule has 0 amide bonds. The van der Waals surface area contributed by atoms with E-state index in [0.717, 1.165) is 88.4 Å². The molecule has 0 N–H and O–H groups in total. The predicted molar refractivity (Wildman–Crippen MR) is 232 cm³/mol. The first-order valence-electron chi connectivity index (χ1n) is 17.9. The zero-order valence-corrected chi connectivity index (χ0v) is 30.7. The van der Waals surface area contributed by atoms with Crippen molar-refractivity contribution in [3.63, 3.8) is 0 Å². The maximum Gasteiger partial charge on any atom is 0.147 e. The molecule has 0 aliphatic heterocycles. The number of fused-ring (bicyclic) bond motifs is 6. The second-order valence-corrected chi connectivity index (χ2v) is 12.4. The molecule has 0 saturated heterocycles. The van der Waals surface area contributed by atoms with E-state index in [1.54, 1.807) is 12.2 Å². The molecule has 6 aromatic rings. The summed E-state index contributed by atoms with van der Waals surface area (Å²) in [5, 5.41) is 4.09. The molecule has 0 radical (unpaired) electrons. The molecule has 6 rings (SSSR count). The lowest BCUT2D eigenvalue weighted by molar-refractivity contribution is 0.654. The maximum absolute atomic E-state index is 6.82. The molecule has 2 nitrogen and oxygen atoms in total.